The third-order valence-corrected chi connectivity index (χ3v) is 3.78. The van der Waals surface area contributed by atoms with Crippen LogP contribution in [0.4, 0.5) is 0 Å². The number of nitrogens with two attached hydrogens (primary N) is 1. The highest BCUT2D eigenvalue weighted by Gasteiger charge is 2.26. The summed E-state index contributed by atoms with van der Waals surface area (Å²) in [5.41, 5.74) is 7.20. The number of ether oxygens (including phenoxy) is 1. The van der Waals surface area contributed by atoms with Gasteiger partial charge in [0.1, 0.15) is 5.75 Å². The molecular formula is C19H29NO4. The molecule has 0 aliphatic rings. The highest BCUT2D eigenvalue weighted by atomic mass is 16.5. The molecule has 1 rings (SSSR count). The normalized spacial score (nSPS) is 12.1. The van der Waals surface area contributed by atoms with Crippen molar-refractivity contribution in [1.29, 1.82) is 0 Å². The van der Waals surface area contributed by atoms with Crippen LogP contribution in [-0.2, 0) is 31.6 Å². The Balaban J connectivity index is 3.07. The average Bonchev–Trinajstić information content (AvgIpc) is 2.41. The zero-order chi connectivity index (χ0) is 18.7. The number of aromatic hydroxyl groups is 1. The summed E-state index contributed by atoms with van der Waals surface area (Å²) in [6, 6.07) is 3.87. The van der Waals surface area contributed by atoms with Crippen LogP contribution < -0.4 is 5.73 Å². The first-order valence-electron chi connectivity index (χ1n) is 8.13. The fourth-order valence-electron chi connectivity index (χ4n) is 2.45. The number of phenolic OH excluding ortho intramolecular Hbond substituents is 1. The van der Waals surface area contributed by atoms with E-state index < -0.39 is 18.5 Å². The van der Waals surface area contributed by atoms with Gasteiger partial charge in [0.15, 0.2) is 6.61 Å². The van der Waals surface area contributed by atoms with Crippen molar-refractivity contribution < 1.29 is 19.4 Å². The molecule has 0 heterocycles. The topological polar surface area (TPSA) is 89.6 Å². The van der Waals surface area contributed by atoms with Gasteiger partial charge in [0, 0.05) is 6.42 Å². The van der Waals surface area contributed by atoms with Gasteiger partial charge in [0.2, 0.25) is 0 Å². The molecule has 1 aromatic carbocycles. The van der Waals surface area contributed by atoms with E-state index in [1.807, 2.05) is 53.7 Å². The van der Waals surface area contributed by atoms with Gasteiger partial charge in [-0.05, 0) is 33.9 Å². The monoisotopic (exact) mass is 335 g/mol. The number of hydrogen-bond donors (Lipinski definition) is 2. The molecule has 0 aliphatic carbocycles. The summed E-state index contributed by atoms with van der Waals surface area (Å²) in [6.45, 7) is 11.9. The Labute approximate surface area is 144 Å². The van der Waals surface area contributed by atoms with Gasteiger partial charge >= 0.3 is 5.97 Å². The molecule has 24 heavy (non-hydrogen) atoms. The Hall–Kier alpha value is -2.04. The zero-order valence-electron chi connectivity index (χ0n) is 15.5. The molecular weight excluding hydrogens is 306 g/mol. The van der Waals surface area contributed by atoms with E-state index in [4.69, 9.17) is 10.5 Å². The second kappa shape index (κ2) is 7.24. The standard InChI is InChI=1S/C19H29NO4/c1-18(2,3)13-9-12(7-8-16(22)24-11-15(20)21)10-14(17(13)23)19(4,5)6/h9-10,23H,7-8,11H2,1-6H3,(H2,20,21). The minimum absolute atomic E-state index is 0.158. The molecule has 1 aromatic rings. The predicted molar refractivity (Wildman–Crippen MR) is 94.0 cm³/mol. The molecule has 0 radical (unpaired) electrons. The highest BCUT2D eigenvalue weighted by molar-refractivity contribution is 5.79. The lowest BCUT2D eigenvalue weighted by atomic mass is 9.78. The van der Waals surface area contributed by atoms with Crippen molar-refractivity contribution in [3.63, 3.8) is 0 Å². The Morgan fingerprint density at radius 3 is 1.88 bits per heavy atom. The van der Waals surface area contributed by atoms with Crippen molar-refractivity contribution in [2.24, 2.45) is 5.73 Å². The first-order valence-corrected chi connectivity index (χ1v) is 8.13. The highest BCUT2D eigenvalue weighted by Crippen LogP contribution is 2.39. The van der Waals surface area contributed by atoms with E-state index >= 15 is 0 Å². The number of aryl methyl sites for hydroxylation is 1. The molecule has 0 spiro atoms. The van der Waals surface area contributed by atoms with Crippen LogP contribution in [0, 0.1) is 0 Å². The maximum Gasteiger partial charge on any atom is 0.306 e. The second-order valence-electron chi connectivity index (χ2n) is 8.17. The van der Waals surface area contributed by atoms with Gasteiger partial charge in [-0.1, -0.05) is 53.7 Å². The number of primary amides is 1. The number of rotatable bonds is 5. The van der Waals surface area contributed by atoms with Crippen LogP contribution in [0.5, 0.6) is 5.75 Å². The third-order valence-electron chi connectivity index (χ3n) is 3.78. The third kappa shape index (κ3) is 5.55. The van der Waals surface area contributed by atoms with Crippen molar-refractivity contribution >= 4 is 11.9 Å². The van der Waals surface area contributed by atoms with Gasteiger partial charge in [0.25, 0.3) is 5.91 Å². The summed E-state index contributed by atoms with van der Waals surface area (Å²) in [4.78, 5) is 22.3. The number of phenols is 1. The molecule has 0 saturated carbocycles. The first-order chi connectivity index (χ1) is 10.8. The minimum Gasteiger partial charge on any atom is -0.507 e. The van der Waals surface area contributed by atoms with E-state index in [-0.39, 0.29) is 17.3 Å². The minimum atomic E-state index is -0.668. The summed E-state index contributed by atoms with van der Waals surface area (Å²) in [5, 5.41) is 10.7. The summed E-state index contributed by atoms with van der Waals surface area (Å²) >= 11 is 0. The molecule has 0 aliphatic heterocycles. The lowest BCUT2D eigenvalue weighted by Crippen LogP contribution is -2.21. The molecule has 134 valence electrons. The zero-order valence-corrected chi connectivity index (χ0v) is 15.5. The number of esters is 1. The largest absolute Gasteiger partial charge is 0.507 e. The maximum absolute atomic E-state index is 11.7. The summed E-state index contributed by atoms with van der Waals surface area (Å²) in [5.74, 6) is -0.815. The molecule has 0 fully saturated rings. The number of carbonyl (C=O) groups excluding carboxylic acids is 2. The van der Waals surface area contributed by atoms with Gasteiger partial charge in [-0.15, -0.1) is 0 Å². The molecule has 1 amide bonds. The summed E-state index contributed by atoms with van der Waals surface area (Å²) < 4.78 is 4.78. The SMILES string of the molecule is CC(C)(C)c1cc(CCC(=O)OCC(N)=O)cc(C(C)(C)C)c1O. The lowest BCUT2D eigenvalue weighted by Gasteiger charge is -2.28. The van der Waals surface area contributed by atoms with Crippen LogP contribution in [-0.4, -0.2) is 23.6 Å². The lowest BCUT2D eigenvalue weighted by molar-refractivity contribution is -0.147. The Morgan fingerprint density at radius 2 is 1.50 bits per heavy atom. The van der Waals surface area contributed by atoms with Crippen molar-refractivity contribution in [3.05, 3.63) is 28.8 Å². The Kier molecular flexibility index (Phi) is 6.04. The number of amides is 1. The fourth-order valence-corrected chi connectivity index (χ4v) is 2.45. The molecule has 3 N–H and O–H groups in total. The van der Waals surface area contributed by atoms with Crippen LogP contribution >= 0.6 is 0 Å². The Morgan fingerprint density at radius 1 is 1.04 bits per heavy atom. The van der Waals surface area contributed by atoms with Crippen LogP contribution in [0.25, 0.3) is 0 Å². The summed E-state index contributed by atoms with van der Waals surface area (Å²) in [6.07, 6.45) is 0.634. The smallest absolute Gasteiger partial charge is 0.306 e. The second-order valence-corrected chi connectivity index (χ2v) is 8.17. The molecule has 0 aromatic heterocycles. The number of benzene rings is 1. The van der Waals surface area contributed by atoms with Gasteiger partial charge in [-0.25, -0.2) is 0 Å². The van der Waals surface area contributed by atoms with Gasteiger partial charge in [-0.2, -0.15) is 0 Å². The Bertz CT molecular complexity index is 586. The quantitative estimate of drug-likeness (QED) is 0.810. The van der Waals surface area contributed by atoms with Gasteiger partial charge in [0.05, 0.1) is 0 Å². The predicted octanol–water partition coefficient (Wildman–Crippen LogP) is 2.95. The van der Waals surface area contributed by atoms with E-state index in [1.165, 1.54) is 0 Å². The molecule has 0 atom stereocenters. The maximum atomic E-state index is 11.7. The molecule has 5 nitrogen and oxygen atoms in total. The summed E-state index contributed by atoms with van der Waals surface area (Å²) in [7, 11) is 0. The fraction of sp³-hybridized carbons (Fsp3) is 0.579. The number of carbonyl (C=O) groups is 2. The van der Waals surface area contributed by atoms with Crippen molar-refractivity contribution in [1.82, 2.24) is 0 Å². The van der Waals surface area contributed by atoms with E-state index in [9.17, 15) is 14.7 Å². The molecule has 0 unspecified atom stereocenters. The van der Waals surface area contributed by atoms with Crippen LogP contribution in [0.3, 0.4) is 0 Å². The number of hydrogen-bond acceptors (Lipinski definition) is 4. The van der Waals surface area contributed by atoms with E-state index in [1.54, 1.807) is 0 Å². The van der Waals surface area contributed by atoms with E-state index in [2.05, 4.69) is 0 Å². The van der Waals surface area contributed by atoms with E-state index in [0.717, 1.165) is 16.7 Å². The van der Waals surface area contributed by atoms with Crippen LogP contribution in [0.2, 0.25) is 0 Å². The van der Waals surface area contributed by atoms with E-state index in [0.29, 0.717) is 12.2 Å². The van der Waals surface area contributed by atoms with Crippen molar-refractivity contribution in [2.75, 3.05) is 6.61 Å². The van der Waals surface area contributed by atoms with Crippen molar-refractivity contribution in [3.8, 4) is 5.75 Å². The van der Waals surface area contributed by atoms with Gasteiger partial charge in [-0.3, -0.25) is 9.59 Å². The van der Waals surface area contributed by atoms with Crippen LogP contribution in [0.1, 0.15) is 64.7 Å². The van der Waals surface area contributed by atoms with Crippen molar-refractivity contribution in [2.45, 2.75) is 65.2 Å². The van der Waals surface area contributed by atoms with Gasteiger partial charge < -0.3 is 15.6 Å². The average molecular weight is 335 g/mol. The van der Waals surface area contributed by atoms with Crippen LogP contribution in [0.15, 0.2) is 12.1 Å². The molecule has 0 bridgehead atoms. The molecule has 0 saturated heterocycles. The first kappa shape index (κ1) is 20.0. The molecule has 5 heteroatoms.